The molecule has 1 fully saturated rings. The molecule has 20 heavy (non-hydrogen) atoms. The third-order valence-electron chi connectivity index (χ3n) is 3.59. The molecule has 0 spiro atoms. The molecule has 0 bridgehead atoms. The monoisotopic (exact) mass is 279 g/mol. The van der Waals surface area contributed by atoms with Crippen LogP contribution in [0.15, 0.2) is 6.07 Å². The highest BCUT2D eigenvalue weighted by atomic mass is 16.5. The zero-order valence-electron chi connectivity index (χ0n) is 12.7. The van der Waals surface area contributed by atoms with Crippen molar-refractivity contribution in [3.05, 3.63) is 11.8 Å². The first-order valence-corrected chi connectivity index (χ1v) is 7.55. The minimum absolute atomic E-state index is 0.148. The lowest BCUT2D eigenvalue weighted by Crippen LogP contribution is -2.43. The number of ether oxygens (including phenoxy) is 2. The lowest BCUT2D eigenvalue weighted by atomic mass is 9.92. The van der Waals surface area contributed by atoms with Gasteiger partial charge in [-0.15, -0.1) is 0 Å². The molecule has 0 saturated heterocycles. The van der Waals surface area contributed by atoms with Crippen molar-refractivity contribution in [3.8, 4) is 11.9 Å². The highest BCUT2D eigenvalue weighted by molar-refractivity contribution is 5.17. The number of aromatic nitrogens is 2. The van der Waals surface area contributed by atoms with Crippen LogP contribution in [0.2, 0.25) is 0 Å². The maximum Gasteiger partial charge on any atom is 0.320 e. The van der Waals surface area contributed by atoms with Gasteiger partial charge >= 0.3 is 6.01 Å². The topological polar surface area (TPSA) is 56.3 Å². The summed E-state index contributed by atoms with van der Waals surface area (Å²) in [4.78, 5) is 8.71. The SMILES string of the molecule is CCCOc1cc(C)nc(OC2CCCCC2NC)n1. The Balaban J connectivity index is 2.05. The fourth-order valence-electron chi connectivity index (χ4n) is 2.55. The van der Waals surface area contributed by atoms with Crippen LogP contribution in [0, 0.1) is 6.92 Å². The Hall–Kier alpha value is -1.36. The van der Waals surface area contributed by atoms with Crippen LogP contribution in [0.25, 0.3) is 0 Å². The Kier molecular flexibility index (Phi) is 5.59. The molecule has 2 atom stereocenters. The molecule has 1 aromatic heterocycles. The van der Waals surface area contributed by atoms with Crippen LogP contribution in [0.5, 0.6) is 11.9 Å². The van der Waals surface area contributed by atoms with Crippen molar-refractivity contribution in [1.29, 1.82) is 0 Å². The van der Waals surface area contributed by atoms with Gasteiger partial charge in [0.15, 0.2) is 0 Å². The van der Waals surface area contributed by atoms with E-state index in [1.54, 1.807) is 0 Å². The van der Waals surface area contributed by atoms with E-state index in [0.29, 0.717) is 24.5 Å². The lowest BCUT2D eigenvalue weighted by Gasteiger charge is -2.30. The Morgan fingerprint density at radius 3 is 2.85 bits per heavy atom. The summed E-state index contributed by atoms with van der Waals surface area (Å²) >= 11 is 0. The molecule has 5 nitrogen and oxygen atoms in total. The van der Waals surface area contributed by atoms with Crippen LogP contribution in [-0.4, -0.2) is 35.8 Å². The summed E-state index contributed by atoms with van der Waals surface area (Å²) in [5.41, 5.74) is 0.873. The molecule has 1 N–H and O–H groups in total. The molecule has 0 aromatic carbocycles. The third-order valence-corrected chi connectivity index (χ3v) is 3.59. The number of hydrogen-bond acceptors (Lipinski definition) is 5. The van der Waals surface area contributed by atoms with Gasteiger partial charge in [-0.1, -0.05) is 13.3 Å². The van der Waals surface area contributed by atoms with E-state index in [0.717, 1.165) is 25.0 Å². The summed E-state index contributed by atoms with van der Waals surface area (Å²) in [5, 5.41) is 3.33. The Morgan fingerprint density at radius 1 is 1.30 bits per heavy atom. The predicted molar refractivity (Wildman–Crippen MR) is 78.3 cm³/mol. The standard InChI is InChI=1S/C15H25N3O2/c1-4-9-19-14-10-11(2)17-15(18-14)20-13-8-6-5-7-12(13)16-3/h10,12-13,16H,4-9H2,1-3H3. The van der Waals surface area contributed by atoms with Crippen molar-refractivity contribution >= 4 is 0 Å². The van der Waals surface area contributed by atoms with Crippen molar-refractivity contribution in [3.63, 3.8) is 0 Å². The second-order valence-corrected chi connectivity index (χ2v) is 5.31. The van der Waals surface area contributed by atoms with Crippen molar-refractivity contribution in [1.82, 2.24) is 15.3 Å². The van der Waals surface area contributed by atoms with E-state index in [2.05, 4.69) is 22.2 Å². The van der Waals surface area contributed by atoms with Gasteiger partial charge < -0.3 is 14.8 Å². The zero-order valence-corrected chi connectivity index (χ0v) is 12.7. The van der Waals surface area contributed by atoms with E-state index in [4.69, 9.17) is 9.47 Å². The molecule has 1 heterocycles. The van der Waals surface area contributed by atoms with Crippen molar-refractivity contribution in [2.75, 3.05) is 13.7 Å². The molecule has 1 aliphatic rings. The van der Waals surface area contributed by atoms with E-state index >= 15 is 0 Å². The largest absolute Gasteiger partial charge is 0.478 e. The lowest BCUT2D eigenvalue weighted by molar-refractivity contribution is 0.106. The summed E-state index contributed by atoms with van der Waals surface area (Å²) < 4.78 is 11.6. The van der Waals surface area contributed by atoms with Crippen LogP contribution in [-0.2, 0) is 0 Å². The van der Waals surface area contributed by atoms with Gasteiger partial charge in [0, 0.05) is 17.8 Å². The number of likely N-dealkylation sites (N-methyl/N-ethyl adjacent to an activating group) is 1. The smallest absolute Gasteiger partial charge is 0.320 e. The maximum absolute atomic E-state index is 6.00. The van der Waals surface area contributed by atoms with E-state index in [-0.39, 0.29) is 6.10 Å². The van der Waals surface area contributed by atoms with E-state index in [9.17, 15) is 0 Å². The molecule has 1 saturated carbocycles. The first kappa shape index (κ1) is 15.0. The number of nitrogens with one attached hydrogen (secondary N) is 1. The number of hydrogen-bond donors (Lipinski definition) is 1. The zero-order chi connectivity index (χ0) is 14.4. The molecule has 112 valence electrons. The molecular weight excluding hydrogens is 254 g/mol. The van der Waals surface area contributed by atoms with Crippen LogP contribution in [0.1, 0.15) is 44.7 Å². The number of aryl methyl sites for hydroxylation is 1. The molecule has 5 heteroatoms. The second kappa shape index (κ2) is 7.43. The van der Waals surface area contributed by atoms with Gasteiger partial charge in [0.2, 0.25) is 5.88 Å². The van der Waals surface area contributed by atoms with Gasteiger partial charge in [-0.05, 0) is 39.7 Å². The summed E-state index contributed by atoms with van der Waals surface area (Å²) in [7, 11) is 1.99. The molecule has 1 aliphatic carbocycles. The molecule has 0 aliphatic heterocycles. The third kappa shape index (κ3) is 4.07. The van der Waals surface area contributed by atoms with Crippen LogP contribution >= 0.6 is 0 Å². The minimum Gasteiger partial charge on any atom is -0.478 e. The van der Waals surface area contributed by atoms with Crippen LogP contribution < -0.4 is 14.8 Å². The molecule has 0 radical (unpaired) electrons. The summed E-state index contributed by atoms with van der Waals surface area (Å²) in [5.74, 6) is 0.603. The van der Waals surface area contributed by atoms with Gasteiger partial charge in [-0.25, -0.2) is 4.98 Å². The van der Waals surface area contributed by atoms with Crippen LogP contribution in [0.3, 0.4) is 0 Å². The highest BCUT2D eigenvalue weighted by Crippen LogP contribution is 2.23. The molecule has 0 amide bonds. The molecular formula is C15H25N3O2. The maximum atomic E-state index is 6.00. The second-order valence-electron chi connectivity index (χ2n) is 5.31. The molecule has 1 aromatic rings. The van der Waals surface area contributed by atoms with Gasteiger partial charge in [-0.3, -0.25) is 0 Å². The summed E-state index contributed by atoms with van der Waals surface area (Å²) in [6, 6.07) is 2.66. The quantitative estimate of drug-likeness (QED) is 0.867. The predicted octanol–water partition coefficient (Wildman–Crippen LogP) is 2.48. The first-order chi connectivity index (χ1) is 9.72. The Bertz CT molecular complexity index is 426. The first-order valence-electron chi connectivity index (χ1n) is 7.55. The van der Waals surface area contributed by atoms with Crippen LogP contribution in [0.4, 0.5) is 0 Å². The molecule has 2 unspecified atom stereocenters. The molecule has 2 rings (SSSR count). The van der Waals surface area contributed by atoms with Crippen molar-refractivity contribution in [2.24, 2.45) is 0 Å². The van der Waals surface area contributed by atoms with Crippen molar-refractivity contribution < 1.29 is 9.47 Å². The normalized spacial score (nSPS) is 22.6. The van der Waals surface area contributed by atoms with Crippen molar-refractivity contribution in [2.45, 2.75) is 58.1 Å². The fraction of sp³-hybridized carbons (Fsp3) is 0.733. The summed E-state index contributed by atoms with van der Waals surface area (Å²) in [6.07, 6.45) is 5.76. The number of rotatable bonds is 6. The van der Waals surface area contributed by atoms with Gasteiger partial charge in [0.05, 0.1) is 6.61 Å². The van der Waals surface area contributed by atoms with E-state index in [1.165, 1.54) is 12.8 Å². The number of nitrogens with zero attached hydrogens (tertiary/aromatic N) is 2. The average Bonchev–Trinajstić information content (AvgIpc) is 2.45. The average molecular weight is 279 g/mol. The Labute approximate surface area is 121 Å². The fourth-order valence-corrected chi connectivity index (χ4v) is 2.55. The van der Waals surface area contributed by atoms with Gasteiger partial charge in [0.1, 0.15) is 6.10 Å². The highest BCUT2D eigenvalue weighted by Gasteiger charge is 2.26. The van der Waals surface area contributed by atoms with E-state index < -0.39 is 0 Å². The summed E-state index contributed by atoms with van der Waals surface area (Å²) in [6.45, 7) is 4.67. The van der Waals surface area contributed by atoms with E-state index in [1.807, 2.05) is 20.0 Å². The minimum atomic E-state index is 0.148. The van der Waals surface area contributed by atoms with Gasteiger partial charge in [0.25, 0.3) is 0 Å². The Morgan fingerprint density at radius 2 is 2.10 bits per heavy atom. The van der Waals surface area contributed by atoms with Gasteiger partial charge in [-0.2, -0.15) is 4.98 Å².